The van der Waals surface area contributed by atoms with Gasteiger partial charge in [-0.1, -0.05) is 6.07 Å². The molecule has 1 aromatic carbocycles. The largest absolute Gasteiger partial charge is 0.481 e. The number of aliphatic carboxylic acids is 1. The molecule has 108 valence electrons. The minimum atomic E-state index is -0.815. The van der Waals surface area contributed by atoms with Crippen molar-refractivity contribution in [2.75, 3.05) is 18.0 Å². The number of nitro benzene ring substituents is 1. The summed E-state index contributed by atoms with van der Waals surface area (Å²) in [6.07, 6.45) is 1.40. The van der Waals surface area contributed by atoms with Gasteiger partial charge < -0.3 is 10.0 Å². The summed E-state index contributed by atoms with van der Waals surface area (Å²) in [5.74, 6) is -0.815. The fraction of sp³-hybridized carbons (Fsp3) is 0.500. The van der Waals surface area contributed by atoms with Crippen molar-refractivity contribution in [3.8, 4) is 0 Å². The fourth-order valence-electron chi connectivity index (χ4n) is 2.67. The van der Waals surface area contributed by atoms with Crippen molar-refractivity contribution in [3.05, 3.63) is 33.9 Å². The maximum absolute atomic E-state index is 11.4. The summed E-state index contributed by atoms with van der Waals surface area (Å²) in [6, 6.07) is 4.71. The summed E-state index contributed by atoms with van der Waals surface area (Å²) in [5, 5.41) is 20.2. The molecule has 1 heterocycles. The highest BCUT2D eigenvalue weighted by atomic mass is 16.6. The lowest BCUT2D eigenvalue weighted by atomic mass is 9.81. The highest BCUT2D eigenvalue weighted by Crippen LogP contribution is 2.35. The first-order valence-electron chi connectivity index (χ1n) is 6.57. The minimum Gasteiger partial charge on any atom is -0.481 e. The van der Waals surface area contributed by atoms with Gasteiger partial charge in [0.25, 0.3) is 5.69 Å². The third kappa shape index (κ3) is 2.59. The van der Waals surface area contributed by atoms with Crippen LogP contribution in [0.25, 0.3) is 0 Å². The molecule has 0 saturated carbocycles. The van der Waals surface area contributed by atoms with E-state index in [0.717, 1.165) is 24.2 Å². The van der Waals surface area contributed by atoms with Crippen LogP contribution < -0.4 is 4.90 Å². The van der Waals surface area contributed by atoms with Gasteiger partial charge in [0.2, 0.25) is 0 Å². The molecule has 0 aromatic heterocycles. The van der Waals surface area contributed by atoms with Gasteiger partial charge >= 0.3 is 5.97 Å². The molecule has 0 spiro atoms. The molecule has 0 radical (unpaired) electrons. The summed E-state index contributed by atoms with van der Waals surface area (Å²) in [7, 11) is 0. The lowest BCUT2D eigenvalue weighted by Gasteiger charge is -2.39. The van der Waals surface area contributed by atoms with Gasteiger partial charge in [-0.2, -0.15) is 0 Å². The van der Waals surface area contributed by atoms with Crippen molar-refractivity contribution in [1.29, 1.82) is 0 Å². The zero-order valence-electron chi connectivity index (χ0n) is 11.6. The molecule has 1 fully saturated rings. The molecule has 20 heavy (non-hydrogen) atoms. The van der Waals surface area contributed by atoms with Crippen molar-refractivity contribution in [3.63, 3.8) is 0 Å². The summed E-state index contributed by atoms with van der Waals surface area (Å²) >= 11 is 0. The van der Waals surface area contributed by atoms with Gasteiger partial charge in [-0.3, -0.25) is 14.9 Å². The maximum Gasteiger partial charge on any atom is 0.311 e. The van der Waals surface area contributed by atoms with Crippen LogP contribution >= 0.6 is 0 Å². The van der Waals surface area contributed by atoms with E-state index in [1.54, 1.807) is 13.0 Å². The van der Waals surface area contributed by atoms with Crippen LogP contribution in [0.2, 0.25) is 0 Å². The average molecular weight is 278 g/mol. The zero-order chi connectivity index (χ0) is 14.9. The Balaban J connectivity index is 2.33. The number of carboxylic acid groups (broad SMARTS) is 1. The van der Waals surface area contributed by atoms with Gasteiger partial charge in [-0.05, 0) is 32.3 Å². The summed E-state index contributed by atoms with van der Waals surface area (Å²) < 4.78 is 0. The molecule has 0 bridgehead atoms. The summed E-state index contributed by atoms with van der Waals surface area (Å²) in [5.41, 5.74) is 0.916. The van der Waals surface area contributed by atoms with Crippen molar-refractivity contribution in [2.45, 2.75) is 26.7 Å². The Hall–Kier alpha value is -2.11. The minimum absolute atomic E-state index is 0.0354. The van der Waals surface area contributed by atoms with Crippen LogP contribution in [-0.2, 0) is 4.79 Å². The molecular formula is C14H18N2O4. The van der Waals surface area contributed by atoms with E-state index in [1.807, 2.05) is 11.8 Å². The Morgan fingerprint density at radius 2 is 2.20 bits per heavy atom. The number of rotatable bonds is 3. The first-order chi connectivity index (χ1) is 9.33. The number of nitrogens with zero attached hydrogens (tertiary/aromatic N) is 2. The number of benzene rings is 1. The predicted molar refractivity (Wildman–Crippen MR) is 75.0 cm³/mol. The molecule has 1 unspecified atom stereocenters. The van der Waals surface area contributed by atoms with E-state index in [-0.39, 0.29) is 5.69 Å². The quantitative estimate of drug-likeness (QED) is 0.678. The third-order valence-corrected chi connectivity index (χ3v) is 3.96. The molecule has 0 aliphatic carbocycles. The third-order valence-electron chi connectivity index (χ3n) is 3.96. The molecule has 1 atom stereocenters. The Morgan fingerprint density at radius 1 is 1.50 bits per heavy atom. The molecular weight excluding hydrogens is 260 g/mol. The smallest absolute Gasteiger partial charge is 0.311 e. The monoisotopic (exact) mass is 278 g/mol. The maximum atomic E-state index is 11.4. The fourth-order valence-corrected chi connectivity index (χ4v) is 2.67. The molecule has 0 amide bonds. The van der Waals surface area contributed by atoms with E-state index in [0.29, 0.717) is 13.0 Å². The highest BCUT2D eigenvalue weighted by molar-refractivity contribution is 5.76. The summed E-state index contributed by atoms with van der Waals surface area (Å²) in [6.45, 7) is 4.72. The van der Waals surface area contributed by atoms with Gasteiger partial charge in [0.05, 0.1) is 10.3 Å². The number of hydrogen-bond acceptors (Lipinski definition) is 4. The van der Waals surface area contributed by atoms with E-state index in [4.69, 9.17) is 0 Å². The standard InChI is InChI=1S/C14H18N2O4/c1-10-4-5-11(16(19)20)8-12(10)15-7-3-6-14(2,9-15)13(17)18/h4-5,8H,3,6-7,9H2,1-2H3,(H,17,18). The van der Waals surface area contributed by atoms with Gasteiger partial charge in [0, 0.05) is 30.9 Å². The van der Waals surface area contributed by atoms with E-state index in [9.17, 15) is 20.0 Å². The Morgan fingerprint density at radius 3 is 2.80 bits per heavy atom. The van der Waals surface area contributed by atoms with Gasteiger partial charge in [-0.25, -0.2) is 0 Å². The number of aryl methyl sites for hydroxylation is 1. The Labute approximate surface area is 117 Å². The van der Waals surface area contributed by atoms with E-state index in [2.05, 4.69) is 0 Å². The normalized spacial score (nSPS) is 22.6. The van der Waals surface area contributed by atoms with Crippen LogP contribution in [0, 0.1) is 22.5 Å². The molecule has 1 saturated heterocycles. The van der Waals surface area contributed by atoms with Crippen LogP contribution in [0.4, 0.5) is 11.4 Å². The van der Waals surface area contributed by atoms with Gasteiger partial charge in [0.1, 0.15) is 0 Å². The number of piperidine rings is 1. The SMILES string of the molecule is Cc1ccc([N+](=O)[O-])cc1N1CCCC(C)(C(=O)O)C1. The lowest BCUT2D eigenvalue weighted by Crippen LogP contribution is -2.46. The van der Waals surface area contributed by atoms with Crippen molar-refractivity contribution in [2.24, 2.45) is 5.41 Å². The molecule has 2 rings (SSSR count). The Kier molecular flexibility index (Phi) is 3.65. The second-order valence-electron chi connectivity index (χ2n) is 5.62. The van der Waals surface area contributed by atoms with Crippen molar-refractivity contribution in [1.82, 2.24) is 0 Å². The van der Waals surface area contributed by atoms with Crippen LogP contribution in [-0.4, -0.2) is 29.1 Å². The molecule has 1 aliphatic rings. The molecule has 1 aliphatic heterocycles. The molecule has 1 aromatic rings. The van der Waals surface area contributed by atoms with Gasteiger partial charge in [-0.15, -0.1) is 0 Å². The van der Waals surface area contributed by atoms with Gasteiger partial charge in [0.15, 0.2) is 0 Å². The van der Waals surface area contributed by atoms with Crippen molar-refractivity contribution < 1.29 is 14.8 Å². The molecule has 1 N–H and O–H groups in total. The van der Waals surface area contributed by atoms with E-state index in [1.165, 1.54) is 12.1 Å². The lowest BCUT2D eigenvalue weighted by molar-refractivity contribution is -0.384. The number of carboxylic acids is 1. The van der Waals surface area contributed by atoms with Crippen molar-refractivity contribution >= 4 is 17.3 Å². The Bertz CT molecular complexity index is 558. The first-order valence-corrected chi connectivity index (χ1v) is 6.57. The van der Waals surface area contributed by atoms with Crippen LogP contribution in [0.3, 0.4) is 0 Å². The number of nitro groups is 1. The number of carbonyl (C=O) groups is 1. The summed E-state index contributed by atoms with van der Waals surface area (Å²) in [4.78, 5) is 23.8. The zero-order valence-corrected chi connectivity index (χ0v) is 11.6. The van der Waals surface area contributed by atoms with Crippen LogP contribution in [0.1, 0.15) is 25.3 Å². The average Bonchev–Trinajstić information content (AvgIpc) is 2.38. The number of hydrogen-bond donors (Lipinski definition) is 1. The second kappa shape index (κ2) is 5.11. The predicted octanol–water partition coefficient (Wildman–Crippen LogP) is 2.59. The van der Waals surface area contributed by atoms with Crippen LogP contribution in [0.5, 0.6) is 0 Å². The number of non-ortho nitro benzene ring substituents is 1. The van der Waals surface area contributed by atoms with Crippen LogP contribution in [0.15, 0.2) is 18.2 Å². The molecule has 6 nitrogen and oxygen atoms in total. The first kappa shape index (κ1) is 14.3. The van der Waals surface area contributed by atoms with E-state index >= 15 is 0 Å². The highest BCUT2D eigenvalue weighted by Gasteiger charge is 2.38. The molecule has 6 heteroatoms. The topological polar surface area (TPSA) is 83.7 Å². The van der Waals surface area contributed by atoms with E-state index < -0.39 is 16.3 Å². The number of anilines is 1. The second-order valence-corrected chi connectivity index (χ2v) is 5.62.